The predicted molar refractivity (Wildman–Crippen MR) is 89.0 cm³/mol. The fourth-order valence-electron chi connectivity index (χ4n) is 2.19. The number of nitrogens with one attached hydrogen (secondary N) is 1. The van der Waals surface area contributed by atoms with Crippen LogP contribution in [0, 0.1) is 0 Å². The van der Waals surface area contributed by atoms with Crippen LogP contribution in [0.2, 0.25) is 0 Å². The Kier molecular flexibility index (Phi) is 6.17. The summed E-state index contributed by atoms with van der Waals surface area (Å²) >= 11 is 1.78. The molecule has 2 aromatic heterocycles. The zero-order chi connectivity index (χ0) is 15.1. The summed E-state index contributed by atoms with van der Waals surface area (Å²) in [5, 5.41) is 5.50. The summed E-state index contributed by atoms with van der Waals surface area (Å²) in [6.07, 6.45) is 1.85. The van der Waals surface area contributed by atoms with E-state index in [1.54, 1.807) is 18.4 Å². The van der Waals surface area contributed by atoms with E-state index in [1.807, 2.05) is 12.3 Å². The van der Waals surface area contributed by atoms with Gasteiger partial charge in [0.15, 0.2) is 0 Å². The molecule has 2 aromatic rings. The number of nitrogens with zero attached hydrogens (tertiary/aromatic N) is 2. The van der Waals surface area contributed by atoms with Crippen LogP contribution in [0.3, 0.4) is 0 Å². The van der Waals surface area contributed by atoms with Gasteiger partial charge in [0.25, 0.3) is 0 Å². The molecule has 0 saturated carbocycles. The fraction of sp³-hybridized carbons (Fsp3) is 0.438. The maximum Gasteiger partial charge on any atom is 0.133 e. The maximum absolute atomic E-state index is 5.06. The summed E-state index contributed by atoms with van der Waals surface area (Å²) in [6.45, 7) is 4.57. The number of hydrogen-bond donors (Lipinski definition) is 1. The highest BCUT2D eigenvalue weighted by molar-refractivity contribution is 7.10. The first kappa shape index (κ1) is 15.9. The normalized spacial score (nSPS) is 12.3. The SMILES string of the molecule is COCCNCc1cccnc1N(C)C(C)c1cccs1. The molecule has 0 amide bonds. The average Bonchev–Trinajstić information content (AvgIpc) is 3.05. The molecule has 0 aromatic carbocycles. The van der Waals surface area contributed by atoms with Gasteiger partial charge in [-0.15, -0.1) is 11.3 Å². The Labute approximate surface area is 130 Å². The molecule has 4 nitrogen and oxygen atoms in total. The summed E-state index contributed by atoms with van der Waals surface area (Å²) in [6, 6.07) is 8.69. The standard InChI is InChI=1S/C16H23N3OS/c1-13(15-7-5-11-21-15)19(2)16-14(6-4-8-18-16)12-17-9-10-20-3/h4-8,11,13,17H,9-10,12H2,1-3H3. The van der Waals surface area contributed by atoms with Crippen molar-refractivity contribution < 1.29 is 4.74 Å². The van der Waals surface area contributed by atoms with Crippen LogP contribution in [0.25, 0.3) is 0 Å². The van der Waals surface area contributed by atoms with Gasteiger partial charge in [0.2, 0.25) is 0 Å². The van der Waals surface area contributed by atoms with Gasteiger partial charge in [0.1, 0.15) is 5.82 Å². The molecule has 1 atom stereocenters. The van der Waals surface area contributed by atoms with Crippen LogP contribution in [0.1, 0.15) is 23.4 Å². The molecule has 5 heteroatoms. The third kappa shape index (κ3) is 4.27. The Morgan fingerprint density at radius 2 is 2.24 bits per heavy atom. The first-order valence-corrected chi connectivity index (χ1v) is 8.01. The predicted octanol–water partition coefficient (Wildman–Crippen LogP) is 3.08. The lowest BCUT2D eigenvalue weighted by molar-refractivity contribution is 0.199. The van der Waals surface area contributed by atoms with E-state index >= 15 is 0 Å². The highest BCUT2D eigenvalue weighted by Gasteiger charge is 2.16. The number of ether oxygens (including phenoxy) is 1. The molecule has 21 heavy (non-hydrogen) atoms. The average molecular weight is 305 g/mol. The van der Waals surface area contributed by atoms with Gasteiger partial charge in [-0.1, -0.05) is 12.1 Å². The smallest absolute Gasteiger partial charge is 0.133 e. The van der Waals surface area contributed by atoms with Crippen molar-refractivity contribution >= 4 is 17.2 Å². The van der Waals surface area contributed by atoms with Gasteiger partial charge < -0.3 is 15.0 Å². The third-order valence-corrected chi connectivity index (χ3v) is 4.58. The van der Waals surface area contributed by atoms with Crippen molar-refractivity contribution in [2.24, 2.45) is 0 Å². The molecule has 114 valence electrons. The van der Waals surface area contributed by atoms with Crippen molar-refractivity contribution in [3.8, 4) is 0 Å². The lowest BCUT2D eigenvalue weighted by atomic mass is 10.2. The Morgan fingerprint density at radius 1 is 1.38 bits per heavy atom. The van der Waals surface area contributed by atoms with Crippen molar-refractivity contribution in [3.05, 3.63) is 46.3 Å². The van der Waals surface area contributed by atoms with E-state index in [9.17, 15) is 0 Å². The fourth-order valence-corrected chi connectivity index (χ4v) is 3.01. The van der Waals surface area contributed by atoms with E-state index in [0.717, 1.165) is 25.5 Å². The van der Waals surface area contributed by atoms with E-state index in [2.05, 4.69) is 52.8 Å². The first-order chi connectivity index (χ1) is 10.2. The molecule has 0 aliphatic rings. The van der Waals surface area contributed by atoms with E-state index in [4.69, 9.17) is 4.74 Å². The monoisotopic (exact) mass is 305 g/mol. The Morgan fingerprint density at radius 3 is 2.95 bits per heavy atom. The quantitative estimate of drug-likeness (QED) is 0.761. The number of rotatable bonds is 8. The second-order valence-corrected chi connectivity index (χ2v) is 5.94. The molecular weight excluding hydrogens is 282 g/mol. The summed E-state index contributed by atoms with van der Waals surface area (Å²) in [5.74, 6) is 1.03. The van der Waals surface area contributed by atoms with Crippen molar-refractivity contribution in [2.75, 3.05) is 32.2 Å². The lowest BCUT2D eigenvalue weighted by Gasteiger charge is -2.27. The Hall–Kier alpha value is -1.43. The van der Waals surface area contributed by atoms with Crippen LogP contribution in [0.5, 0.6) is 0 Å². The van der Waals surface area contributed by atoms with Gasteiger partial charge in [-0.05, 0) is 24.4 Å². The lowest BCUT2D eigenvalue weighted by Crippen LogP contribution is -2.25. The molecule has 0 aliphatic heterocycles. The topological polar surface area (TPSA) is 37.4 Å². The first-order valence-electron chi connectivity index (χ1n) is 7.13. The minimum absolute atomic E-state index is 0.317. The van der Waals surface area contributed by atoms with Crippen LogP contribution >= 0.6 is 11.3 Å². The summed E-state index contributed by atoms with van der Waals surface area (Å²) in [4.78, 5) is 8.15. The third-order valence-electron chi connectivity index (χ3n) is 3.54. The van der Waals surface area contributed by atoms with Crippen LogP contribution < -0.4 is 10.2 Å². The highest BCUT2D eigenvalue weighted by atomic mass is 32.1. The minimum atomic E-state index is 0.317. The number of pyridine rings is 1. The van der Waals surface area contributed by atoms with Crippen molar-refractivity contribution in [1.29, 1.82) is 0 Å². The molecule has 2 rings (SSSR count). The summed E-state index contributed by atoms with van der Waals surface area (Å²) < 4.78 is 5.06. The second kappa shape index (κ2) is 8.12. The largest absolute Gasteiger partial charge is 0.383 e. The van der Waals surface area contributed by atoms with E-state index in [-0.39, 0.29) is 0 Å². The van der Waals surface area contributed by atoms with Gasteiger partial charge in [-0.2, -0.15) is 0 Å². The molecular formula is C16H23N3OS. The van der Waals surface area contributed by atoms with Crippen molar-refractivity contribution in [2.45, 2.75) is 19.5 Å². The number of thiophene rings is 1. The molecule has 0 saturated heterocycles. The van der Waals surface area contributed by atoms with Gasteiger partial charge in [0.05, 0.1) is 12.6 Å². The van der Waals surface area contributed by atoms with Crippen LogP contribution in [0.4, 0.5) is 5.82 Å². The van der Waals surface area contributed by atoms with Gasteiger partial charge in [-0.25, -0.2) is 4.98 Å². The van der Waals surface area contributed by atoms with E-state index in [0.29, 0.717) is 6.04 Å². The van der Waals surface area contributed by atoms with E-state index < -0.39 is 0 Å². The zero-order valence-electron chi connectivity index (χ0n) is 12.9. The molecule has 0 spiro atoms. The van der Waals surface area contributed by atoms with Crippen LogP contribution in [0.15, 0.2) is 35.8 Å². The van der Waals surface area contributed by atoms with Gasteiger partial charge in [-0.3, -0.25) is 0 Å². The molecule has 0 aliphatic carbocycles. The minimum Gasteiger partial charge on any atom is -0.383 e. The molecule has 0 fully saturated rings. The molecule has 0 bridgehead atoms. The van der Waals surface area contributed by atoms with Crippen LogP contribution in [-0.2, 0) is 11.3 Å². The van der Waals surface area contributed by atoms with Crippen molar-refractivity contribution in [3.63, 3.8) is 0 Å². The molecule has 0 radical (unpaired) electrons. The number of anilines is 1. The summed E-state index contributed by atoms with van der Waals surface area (Å²) in [7, 11) is 3.82. The Bertz CT molecular complexity index is 530. The number of methoxy groups -OCH3 is 1. The molecule has 2 heterocycles. The van der Waals surface area contributed by atoms with E-state index in [1.165, 1.54) is 10.4 Å². The molecule has 1 unspecified atom stereocenters. The molecule has 1 N–H and O–H groups in total. The van der Waals surface area contributed by atoms with Gasteiger partial charge >= 0.3 is 0 Å². The Balaban J connectivity index is 2.07. The highest BCUT2D eigenvalue weighted by Crippen LogP contribution is 2.28. The maximum atomic E-state index is 5.06. The van der Waals surface area contributed by atoms with Crippen molar-refractivity contribution in [1.82, 2.24) is 10.3 Å². The number of aromatic nitrogens is 1. The second-order valence-electron chi connectivity index (χ2n) is 4.96. The zero-order valence-corrected chi connectivity index (χ0v) is 13.7. The van der Waals surface area contributed by atoms with Crippen LogP contribution in [-0.4, -0.2) is 32.3 Å². The summed E-state index contributed by atoms with van der Waals surface area (Å²) in [5.41, 5.74) is 1.21. The number of hydrogen-bond acceptors (Lipinski definition) is 5. The van der Waals surface area contributed by atoms with Gasteiger partial charge in [0, 0.05) is 43.9 Å².